The van der Waals surface area contributed by atoms with E-state index in [2.05, 4.69) is 42.7 Å². The van der Waals surface area contributed by atoms with Gasteiger partial charge in [-0.2, -0.15) is 16.9 Å². The van der Waals surface area contributed by atoms with E-state index in [0.717, 1.165) is 12.6 Å². The zero-order valence-corrected chi connectivity index (χ0v) is 11.5. The van der Waals surface area contributed by atoms with E-state index in [1.54, 1.807) is 0 Å². The molecule has 2 heterocycles. The summed E-state index contributed by atoms with van der Waals surface area (Å²) in [5.41, 5.74) is 3.88. The van der Waals surface area contributed by atoms with E-state index in [1.165, 1.54) is 34.9 Å². The first-order valence-corrected chi connectivity index (χ1v) is 7.02. The van der Waals surface area contributed by atoms with E-state index < -0.39 is 0 Å². The van der Waals surface area contributed by atoms with Crippen LogP contribution in [-0.2, 0) is 13.6 Å². The van der Waals surface area contributed by atoms with Crippen molar-refractivity contribution in [2.24, 2.45) is 7.05 Å². The second-order valence-corrected chi connectivity index (χ2v) is 5.86. The number of rotatable bonds is 3. The fraction of sp³-hybridized carbons (Fsp3) is 0.750. The maximum atomic E-state index is 4.48. The number of hydrogen-bond acceptors (Lipinski definition) is 3. The normalized spacial score (nSPS) is 20.9. The number of hydrogen-bond donors (Lipinski definition) is 0. The zero-order chi connectivity index (χ0) is 11.7. The standard InChI is InChI=1S/C12H21N3S/c1-9-12(10(2)15(4)13-9)7-14(3)11-5-6-16-8-11/h11H,5-8H2,1-4H3/t11-/m1/s1. The predicted molar refractivity (Wildman–Crippen MR) is 69.9 cm³/mol. The minimum atomic E-state index is 0.754. The Morgan fingerprint density at radius 2 is 2.25 bits per heavy atom. The van der Waals surface area contributed by atoms with Gasteiger partial charge >= 0.3 is 0 Å². The predicted octanol–water partition coefficient (Wildman–Crippen LogP) is 1.97. The van der Waals surface area contributed by atoms with Gasteiger partial charge in [-0.15, -0.1) is 0 Å². The van der Waals surface area contributed by atoms with Gasteiger partial charge in [0.05, 0.1) is 5.69 Å². The van der Waals surface area contributed by atoms with Gasteiger partial charge in [0.1, 0.15) is 0 Å². The molecule has 1 aromatic heterocycles. The Morgan fingerprint density at radius 3 is 2.75 bits per heavy atom. The van der Waals surface area contributed by atoms with Gasteiger partial charge in [0.25, 0.3) is 0 Å². The first-order chi connectivity index (χ1) is 7.59. The molecule has 0 bridgehead atoms. The van der Waals surface area contributed by atoms with Crippen LogP contribution in [0.1, 0.15) is 23.4 Å². The molecule has 1 aliphatic rings. The second-order valence-electron chi connectivity index (χ2n) is 4.71. The van der Waals surface area contributed by atoms with Crippen LogP contribution in [0.4, 0.5) is 0 Å². The van der Waals surface area contributed by atoms with Crippen LogP contribution >= 0.6 is 11.8 Å². The smallest absolute Gasteiger partial charge is 0.0641 e. The summed E-state index contributed by atoms with van der Waals surface area (Å²) in [5.74, 6) is 2.61. The molecular formula is C12H21N3S. The van der Waals surface area contributed by atoms with Gasteiger partial charge in [-0.3, -0.25) is 9.58 Å². The van der Waals surface area contributed by atoms with Crippen LogP contribution < -0.4 is 0 Å². The van der Waals surface area contributed by atoms with Crippen molar-refractivity contribution in [3.63, 3.8) is 0 Å². The summed E-state index contributed by atoms with van der Waals surface area (Å²) in [6, 6.07) is 0.754. The molecule has 0 radical (unpaired) electrons. The molecule has 4 heteroatoms. The maximum Gasteiger partial charge on any atom is 0.0641 e. The van der Waals surface area contributed by atoms with Gasteiger partial charge < -0.3 is 0 Å². The van der Waals surface area contributed by atoms with Crippen LogP contribution in [0.2, 0.25) is 0 Å². The van der Waals surface area contributed by atoms with Crippen molar-refractivity contribution >= 4 is 11.8 Å². The Balaban J connectivity index is 2.07. The van der Waals surface area contributed by atoms with Gasteiger partial charge in [0.2, 0.25) is 0 Å². The van der Waals surface area contributed by atoms with E-state index in [1.807, 2.05) is 11.7 Å². The molecule has 3 nitrogen and oxygen atoms in total. The number of thioether (sulfide) groups is 1. The topological polar surface area (TPSA) is 21.1 Å². The molecule has 1 saturated heterocycles. The summed E-state index contributed by atoms with van der Waals surface area (Å²) < 4.78 is 1.99. The van der Waals surface area contributed by atoms with Crippen LogP contribution in [-0.4, -0.2) is 39.3 Å². The summed E-state index contributed by atoms with van der Waals surface area (Å²) in [7, 11) is 4.26. The van der Waals surface area contributed by atoms with Gasteiger partial charge in [0, 0.05) is 36.6 Å². The molecule has 1 aliphatic heterocycles. The van der Waals surface area contributed by atoms with Crippen molar-refractivity contribution in [3.05, 3.63) is 17.0 Å². The van der Waals surface area contributed by atoms with Crippen LogP contribution in [0.3, 0.4) is 0 Å². The SMILES string of the molecule is Cc1nn(C)c(C)c1CN(C)[C@@H]1CCSC1. The lowest BCUT2D eigenvalue weighted by atomic mass is 10.1. The van der Waals surface area contributed by atoms with Crippen molar-refractivity contribution in [1.29, 1.82) is 0 Å². The first kappa shape index (κ1) is 12.0. The lowest BCUT2D eigenvalue weighted by Crippen LogP contribution is -2.31. The average Bonchev–Trinajstić information content (AvgIpc) is 2.83. The van der Waals surface area contributed by atoms with E-state index in [-0.39, 0.29) is 0 Å². The largest absolute Gasteiger partial charge is 0.298 e. The lowest BCUT2D eigenvalue weighted by molar-refractivity contribution is 0.253. The summed E-state index contributed by atoms with van der Waals surface area (Å²) in [4.78, 5) is 2.48. The average molecular weight is 239 g/mol. The Morgan fingerprint density at radius 1 is 1.50 bits per heavy atom. The van der Waals surface area contributed by atoms with Crippen LogP contribution in [0.25, 0.3) is 0 Å². The molecule has 0 amide bonds. The molecular weight excluding hydrogens is 218 g/mol. The van der Waals surface area contributed by atoms with E-state index in [4.69, 9.17) is 0 Å². The van der Waals surface area contributed by atoms with E-state index >= 15 is 0 Å². The van der Waals surface area contributed by atoms with Crippen LogP contribution in [0, 0.1) is 13.8 Å². The maximum absolute atomic E-state index is 4.48. The quantitative estimate of drug-likeness (QED) is 0.805. The molecule has 0 saturated carbocycles. The van der Waals surface area contributed by atoms with Crippen molar-refractivity contribution in [1.82, 2.24) is 14.7 Å². The number of aromatic nitrogens is 2. The van der Waals surface area contributed by atoms with E-state index in [0.29, 0.717) is 0 Å². The van der Waals surface area contributed by atoms with Gasteiger partial charge in [0.15, 0.2) is 0 Å². The third-order valence-electron chi connectivity index (χ3n) is 3.60. The molecule has 0 N–H and O–H groups in total. The molecule has 0 spiro atoms. The highest BCUT2D eigenvalue weighted by Gasteiger charge is 2.21. The molecule has 1 atom stereocenters. The first-order valence-electron chi connectivity index (χ1n) is 5.86. The molecule has 1 aromatic rings. The fourth-order valence-corrected chi connectivity index (χ4v) is 3.59. The highest BCUT2D eigenvalue weighted by molar-refractivity contribution is 7.99. The molecule has 1 fully saturated rings. The molecule has 16 heavy (non-hydrogen) atoms. The fourth-order valence-electron chi connectivity index (χ4n) is 2.29. The Hall–Kier alpha value is -0.480. The lowest BCUT2D eigenvalue weighted by Gasteiger charge is -2.23. The summed E-state index contributed by atoms with van der Waals surface area (Å²) in [6.07, 6.45) is 1.33. The third kappa shape index (κ3) is 2.28. The minimum Gasteiger partial charge on any atom is -0.298 e. The Bertz CT molecular complexity index is 367. The number of aryl methyl sites for hydroxylation is 2. The van der Waals surface area contributed by atoms with Gasteiger partial charge in [-0.25, -0.2) is 0 Å². The van der Waals surface area contributed by atoms with Gasteiger partial charge in [-0.05, 0) is 33.1 Å². The third-order valence-corrected chi connectivity index (χ3v) is 4.74. The summed E-state index contributed by atoms with van der Waals surface area (Å²) in [5, 5.41) is 4.48. The zero-order valence-electron chi connectivity index (χ0n) is 10.7. The van der Waals surface area contributed by atoms with Crippen molar-refractivity contribution < 1.29 is 0 Å². The summed E-state index contributed by atoms with van der Waals surface area (Å²) >= 11 is 2.07. The minimum absolute atomic E-state index is 0.754. The molecule has 0 aromatic carbocycles. The van der Waals surface area contributed by atoms with Crippen LogP contribution in [0.5, 0.6) is 0 Å². The molecule has 0 unspecified atom stereocenters. The highest BCUT2D eigenvalue weighted by Crippen LogP contribution is 2.23. The van der Waals surface area contributed by atoms with Crippen molar-refractivity contribution in [2.75, 3.05) is 18.6 Å². The number of nitrogens with zero attached hydrogens (tertiary/aromatic N) is 3. The Labute approximate surface area is 102 Å². The molecule has 0 aliphatic carbocycles. The monoisotopic (exact) mass is 239 g/mol. The molecule has 2 rings (SSSR count). The van der Waals surface area contributed by atoms with Crippen molar-refractivity contribution in [3.8, 4) is 0 Å². The summed E-state index contributed by atoms with van der Waals surface area (Å²) in [6.45, 7) is 5.31. The van der Waals surface area contributed by atoms with E-state index in [9.17, 15) is 0 Å². The van der Waals surface area contributed by atoms with Gasteiger partial charge in [-0.1, -0.05) is 0 Å². The second kappa shape index (κ2) is 4.80. The molecule has 90 valence electrons. The Kier molecular flexibility index (Phi) is 3.60. The highest BCUT2D eigenvalue weighted by atomic mass is 32.2. The van der Waals surface area contributed by atoms with Crippen LogP contribution in [0.15, 0.2) is 0 Å². The van der Waals surface area contributed by atoms with Crippen molar-refractivity contribution in [2.45, 2.75) is 32.9 Å².